The molecule has 3 aromatic rings. The van der Waals surface area contributed by atoms with E-state index in [4.69, 9.17) is 5.73 Å². The Balaban J connectivity index is 1.58. The number of fused-ring (bicyclic) bond motifs is 1. The van der Waals surface area contributed by atoms with Gasteiger partial charge in [0.25, 0.3) is 0 Å². The Morgan fingerprint density at radius 1 is 1.07 bits per heavy atom. The summed E-state index contributed by atoms with van der Waals surface area (Å²) in [5.74, 6) is -0.0943. The number of aromatic nitrogens is 2. The molecule has 0 bridgehead atoms. The van der Waals surface area contributed by atoms with E-state index in [2.05, 4.69) is 4.98 Å². The van der Waals surface area contributed by atoms with E-state index < -0.39 is 16.9 Å². The summed E-state index contributed by atoms with van der Waals surface area (Å²) in [6.45, 7) is 2.13. The Bertz CT molecular complexity index is 1010. The first-order valence-electron chi connectivity index (χ1n) is 9.01. The number of nitrogens with two attached hydrogens (primary N) is 1. The van der Waals surface area contributed by atoms with Gasteiger partial charge in [0.15, 0.2) is 0 Å². The number of rotatable bonds is 5. The molecule has 144 valence electrons. The number of pyridine rings is 1. The van der Waals surface area contributed by atoms with Gasteiger partial charge in [0.1, 0.15) is 6.04 Å². The van der Waals surface area contributed by atoms with Crippen molar-refractivity contribution in [3.63, 3.8) is 0 Å². The fourth-order valence-electron chi connectivity index (χ4n) is 3.73. The van der Waals surface area contributed by atoms with Crippen LogP contribution >= 0.6 is 0 Å². The molecule has 1 aromatic carbocycles. The lowest BCUT2D eigenvalue weighted by Gasteiger charge is -2.38. The number of piperazine rings is 1. The topological polar surface area (TPSA) is 110 Å². The van der Waals surface area contributed by atoms with Gasteiger partial charge >= 0.3 is 5.82 Å². The van der Waals surface area contributed by atoms with Crippen molar-refractivity contribution in [2.45, 2.75) is 6.04 Å². The Morgan fingerprint density at radius 3 is 2.39 bits per heavy atom. The van der Waals surface area contributed by atoms with E-state index in [0.717, 1.165) is 5.56 Å². The van der Waals surface area contributed by atoms with Gasteiger partial charge in [-0.05, 0) is 16.6 Å². The van der Waals surface area contributed by atoms with Crippen molar-refractivity contribution in [1.29, 1.82) is 0 Å². The molecule has 1 saturated heterocycles. The molecule has 9 nitrogen and oxygen atoms in total. The lowest BCUT2D eigenvalue weighted by Crippen LogP contribution is -2.50. The molecule has 0 saturated carbocycles. The normalized spacial score (nSPS) is 16.2. The molecule has 4 rings (SSSR count). The number of imidazole rings is 1. The Hall–Kier alpha value is -3.46. The van der Waals surface area contributed by atoms with E-state index in [9.17, 15) is 14.9 Å². The van der Waals surface area contributed by atoms with E-state index in [-0.39, 0.29) is 5.82 Å². The first-order chi connectivity index (χ1) is 13.6. The molecular weight excluding hydrogens is 360 g/mol. The van der Waals surface area contributed by atoms with Crippen LogP contribution in [0.15, 0.2) is 54.7 Å². The molecule has 1 fully saturated rings. The zero-order valence-electron chi connectivity index (χ0n) is 15.1. The predicted molar refractivity (Wildman–Crippen MR) is 104 cm³/mol. The Kier molecular flexibility index (Phi) is 4.66. The SMILES string of the molecule is NC(=O)C(c1ccccc1)N1CCN(c2nc3ccccn3c2[N+](=O)[O-])CC1. The zero-order valence-corrected chi connectivity index (χ0v) is 15.1. The quantitative estimate of drug-likeness (QED) is 0.532. The average molecular weight is 380 g/mol. The molecule has 1 unspecified atom stereocenters. The van der Waals surface area contributed by atoms with Crippen LogP contribution in [0, 0.1) is 10.1 Å². The van der Waals surface area contributed by atoms with Gasteiger partial charge in [-0.25, -0.2) is 0 Å². The van der Waals surface area contributed by atoms with Gasteiger partial charge < -0.3 is 20.7 Å². The second-order valence-corrected chi connectivity index (χ2v) is 6.68. The molecule has 1 amide bonds. The number of nitrogens with zero attached hydrogens (tertiary/aromatic N) is 5. The van der Waals surface area contributed by atoms with Crippen LogP contribution in [0.5, 0.6) is 0 Å². The number of carbonyl (C=O) groups excluding carboxylic acids is 1. The third-order valence-electron chi connectivity index (χ3n) is 5.02. The average Bonchev–Trinajstić information content (AvgIpc) is 3.09. The fraction of sp³-hybridized carbons (Fsp3) is 0.263. The minimum absolute atomic E-state index is 0.0430. The highest BCUT2D eigenvalue weighted by Crippen LogP contribution is 2.31. The third-order valence-corrected chi connectivity index (χ3v) is 5.02. The molecule has 1 atom stereocenters. The molecule has 0 aliphatic carbocycles. The smallest absolute Gasteiger partial charge is 0.368 e. The van der Waals surface area contributed by atoms with Gasteiger partial charge in [-0.2, -0.15) is 9.38 Å². The van der Waals surface area contributed by atoms with Gasteiger partial charge in [0.05, 0.1) is 6.20 Å². The summed E-state index contributed by atoms with van der Waals surface area (Å²) in [4.78, 5) is 31.7. The van der Waals surface area contributed by atoms with Gasteiger partial charge in [0, 0.05) is 32.2 Å². The van der Waals surface area contributed by atoms with Gasteiger partial charge in [-0.1, -0.05) is 36.4 Å². The standard InChI is InChI=1S/C19H20N6O3/c20-17(26)16(14-6-2-1-3-7-14)22-10-12-23(13-11-22)18-19(25(27)28)24-9-5-4-8-15(24)21-18/h1-9,16H,10-13H2,(H2,20,26). The second kappa shape index (κ2) is 7.28. The van der Waals surface area contributed by atoms with Crippen molar-refractivity contribution >= 4 is 23.2 Å². The largest absolute Gasteiger partial charge is 0.372 e. The number of nitro groups is 1. The van der Waals surface area contributed by atoms with E-state index in [0.29, 0.717) is 37.6 Å². The Morgan fingerprint density at radius 2 is 1.75 bits per heavy atom. The van der Waals surface area contributed by atoms with Crippen LogP contribution in [0.25, 0.3) is 5.65 Å². The van der Waals surface area contributed by atoms with Gasteiger partial charge in [-0.3, -0.25) is 9.69 Å². The highest BCUT2D eigenvalue weighted by Gasteiger charge is 2.33. The molecule has 3 heterocycles. The number of benzene rings is 1. The van der Waals surface area contributed by atoms with E-state index in [1.165, 1.54) is 4.40 Å². The second-order valence-electron chi connectivity index (χ2n) is 6.68. The van der Waals surface area contributed by atoms with Crippen LogP contribution in [-0.4, -0.2) is 51.3 Å². The van der Waals surface area contributed by atoms with Crippen LogP contribution in [0.2, 0.25) is 0 Å². The zero-order chi connectivity index (χ0) is 19.7. The molecule has 2 N–H and O–H groups in total. The molecule has 9 heteroatoms. The lowest BCUT2D eigenvalue weighted by molar-refractivity contribution is -0.389. The van der Waals surface area contributed by atoms with Gasteiger partial charge in [0.2, 0.25) is 17.4 Å². The summed E-state index contributed by atoms with van der Waals surface area (Å²) in [5.41, 5.74) is 7.04. The number of carbonyl (C=O) groups is 1. The first-order valence-corrected chi connectivity index (χ1v) is 9.01. The first kappa shape index (κ1) is 17.9. The molecule has 28 heavy (non-hydrogen) atoms. The summed E-state index contributed by atoms with van der Waals surface area (Å²) < 4.78 is 1.48. The minimum atomic E-state index is -0.514. The van der Waals surface area contributed by atoms with E-state index in [1.807, 2.05) is 40.1 Å². The van der Waals surface area contributed by atoms with Crippen molar-refractivity contribution in [3.05, 3.63) is 70.4 Å². The van der Waals surface area contributed by atoms with E-state index >= 15 is 0 Å². The summed E-state index contributed by atoms with van der Waals surface area (Å²) in [6.07, 6.45) is 1.64. The summed E-state index contributed by atoms with van der Waals surface area (Å²) in [7, 11) is 0. The maximum absolute atomic E-state index is 12.1. The highest BCUT2D eigenvalue weighted by molar-refractivity contribution is 5.81. The van der Waals surface area contributed by atoms with Crippen LogP contribution in [0.4, 0.5) is 11.6 Å². The lowest BCUT2D eigenvalue weighted by atomic mass is 10.0. The van der Waals surface area contributed by atoms with Gasteiger partial charge in [-0.15, -0.1) is 0 Å². The number of primary amides is 1. The molecule has 0 radical (unpaired) electrons. The van der Waals surface area contributed by atoms with Crippen molar-refractivity contribution in [2.75, 3.05) is 31.1 Å². The number of amides is 1. The van der Waals surface area contributed by atoms with Crippen LogP contribution in [-0.2, 0) is 4.79 Å². The summed E-state index contributed by atoms with van der Waals surface area (Å²) in [5, 5.41) is 11.6. The Labute approximate surface area is 161 Å². The number of hydrogen-bond donors (Lipinski definition) is 1. The maximum atomic E-state index is 12.1. The fourth-order valence-corrected chi connectivity index (χ4v) is 3.73. The summed E-state index contributed by atoms with van der Waals surface area (Å²) in [6, 6.07) is 14.2. The maximum Gasteiger partial charge on any atom is 0.372 e. The van der Waals surface area contributed by atoms with Crippen molar-refractivity contribution in [3.8, 4) is 0 Å². The summed E-state index contributed by atoms with van der Waals surface area (Å²) >= 11 is 0. The van der Waals surface area contributed by atoms with Crippen LogP contribution in [0.1, 0.15) is 11.6 Å². The van der Waals surface area contributed by atoms with E-state index in [1.54, 1.807) is 24.4 Å². The number of anilines is 1. The molecule has 1 aliphatic rings. The van der Waals surface area contributed by atoms with Crippen LogP contribution in [0.3, 0.4) is 0 Å². The van der Waals surface area contributed by atoms with Crippen molar-refractivity contribution in [1.82, 2.24) is 14.3 Å². The molecular formula is C19H20N6O3. The highest BCUT2D eigenvalue weighted by atomic mass is 16.6. The monoisotopic (exact) mass is 380 g/mol. The minimum Gasteiger partial charge on any atom is -0.368 e. The molecule has 2 aromatic heterocycles. The number of hydrogen-bond acceptors (Lipinski definition) is 6. The van der Waals surface area contributed by atoms with Crippen LogP contribution < -0.4 is 10.6 Å². The molecule has 1 aliphatic heterocycles. The predicted octanol–water partition coefficient (Wildman–Crippen LogP) is 1.59. The van der Waals surface area contributed by atoms with Crippen molar-refractivity contribution < 1.29 is 9.72 Å². The third kappa shape index (κ3) is 3.16. The van der Waals surface area contributed by atoms with Crippen molar-refractivity contribution in [2.24, 2.45) is 5.73 Å². The molecule has 0 spiro atoms.